The highest BCUT2D eigenvalue weighted by molar-refractivity contribution is 6.08. The lowest BCUT2D eigenvalue weighted by Crippen LogP contribution is -2.43. The van der Waals surface area contributed by atoms with Crippen LogP contribution >= 0.6 is 0 Å². The molecule has 9 nitrogen and oxygen atoms in total. The Labute approximate surface area is 241 Å². The number of nitrogens with one attached hydrogen (secondary N) is 1. The van der Waals surface area contributed by atoms with E-state index in [0.717, 1.165) is 49.3 Å². The van der Waals surface area contributed by atoms with Gasteiger partial charge in [0.25, 0.3) is 5.91 Å². The molecule has 1 aromatic heterocycles. The number of hydrogen-bond donors (Lipinski definition) is 2. The summed E-state index contributed by atoms with van der Waals surface area (Å²) >= 11 is 0. The van der Waals surface area contributed by atoms with Crippen LogP contribution in [0.1, 0.15) is 21.5 Å². The van der Waals surface area contributed by atoms with Gasteiger partial charge in [0.2, 0.25) is 5.95 Å². The van der Waals surface area contributed by atoms with Gasteiger partial charge in [-0.3, -0.25) is 9.69 Å². The van der Waals surface area contributed by atoms with E-state index in [1.807, 2.05) is 19.2 Å². The molecule has 0 spiro atoms. The van der Waals surface area contributed by atoms with Crippen molar-refractivity contribution in [3.63, 3.8) is 0 Å². The summed E-state index contributed by atoms with van der Waals surface area (Å²) in [6.07, 6.45) is -2.98. The fourth-order valence-electron chi connectivity index (χ4n) is 5.01. The van der Waals surface area contributed by atoms with Crippen LogP contribution in [0.5, 0.6) is 11.5 Å². The summed E-state index contributed by atoms with van der Waals surface area (Å²) < 4.78 is 52.5. The van der Waals surface area contributed by atoms with Gasteiger partial charge in [-0.2, -0.15) is 13.2 Å². The van der Waals surface area contributed by atoms with Crippen LogP contribution in [0, 0.1) is 0 Å². The monoisotopic (exact) mass is 580 g/mol. The summed E-state index contributed by atoms with van der Waals surface area (Å²) in [5.41, 5.74) is 7.46. The lowest BCUT2D eigenvalue weighted by Gasteiger charge is -2.32. The number of piperazine rings is 1. The number of methoxy groups -OCH3 is 2. The smallest absolute Gasteiger partial charge is 0.416 e. The molecule has 4 aromatic rings. The first-order valence-electron chi connectivity index (χ1n) is 13.3. The minimum atomic E-state index is -4.58. The molecule has 2 heterocycles. The number of hydrogen-bond acceptors (Lipinski definition) is 8. The standard InChI is InChI=1S/C30H31F3N6O3/c1-38-6-8-39(9-7-38)17-18-10-22(30(31,32)33)15-23(11-18)36-28(40)24-13-20(14-26(41-2)27(24)42-3)19-4-5-25-21(12-19)16-35-29(34)37-25/h4-5,10-16H,6-9,17H2,1-3H3,(H,36,40)(H2,34,35,37). The third-order valence-electron chi connectivity index (χ3n) is 7.24. The van der Waals surface area contributed by atoms with E-state index in [4.69, 9.17) is 15.2 Å². The molecule has 3 aromatic carbocycles. The lowest BCUT2D eigenvalue weighted by atomic mass is 9.99. The summed E-state index contributed by atoms with van der Waals surface area (Å²) in [6.45, 7) is 3.49. The molecule has 5 rings (SSSR count). The Hall–Kier alpha value is -4.42. The molecule has 0 radical (unpaired) electrons. The number of nitrogen functional groups attached to an aromatic ring is 1. The first-order valence-corrected chi connectivity index (χ1v) is 13.3. The molecular formula is C30H31F3N6O3. The molecular weight excluding hydrogens is 549 g/mol. The van der Waals surface area contributed by atoms with Gasteiger partial charge in [0, 0.05) is 50.0 Å². The van der Waals surface area contributed by atoms with Gasteiger partial charge in [-0.25, -0.2) is 9.97 Å². The molecule has 0 unspecified atom stereocenters. The van der Waals surface area contributed by atoms with Gasteiger partial charge in [0.15, 0.2) is 11.5 Å². The Morgan fingerprint density at radius 1 is 1.00 bits per heavy atom. The second-order valence-corrected chi connectivity index (χ2v) is 10.2. The van der Waals surface area contributed by atoms with E-state index in [1.165, 1.54) is 14.2 Å². The number of alkyl halides is 3. The Balaban J connectivity index is 1.49. The highest BCUT2D eigenvalue weighted by Crippen LogP contribution is 2.38. The first kappa shape index (κ1) is 29.1. The number of anilines is 2. The topological polar surface area (TPSA) is 106 Å². The molecule has 1 aliphatic rings. The summed E-state index contributed by atoms with van der Waals surface area (Å²) in [7, 11) is 4.85. The predicted octanol–water partition coefficient (Wildman–Crippen LogP) is 4.91. The molecule has 0 aliphatic carbocycles. The average molecular weight is 581 g/mol. The summed E-state index contributed by atoms with van der Waals surface area (Å²) in [5, 5.41) is 3.40. The zero-order chi connectivity index (χ0) is 30.0. The van der Waals surface area contributed by atoms with Crippen molar-refractivity contribution < 1.29 is 27.4 Å². The number of aromatic nitrogens is 2. The van der Waals surface area contributed by atoms with Crippen LogP contribution in [0.3, 0.4) is 0 Å². The number of halogens is 3. The van der Waals surface area contributed by atoms with Gasteiger partial charge < -0.3 is 25.4 Å². The van der Waals surface area contributed by atoms with Crippen molar-refractivity contribution in [2.45, 2.75) is 12.7 Å². The van der Waals surface area contributed by atoms with Crippen LogP contribution in [0.25, 0.3) is 22.0 Å². The molecule has 1 amide bonds. The maximum Gasteiger partial charge on any atom is 0.416 e. The third kappa shape index (κ3) is 6.39. The molecule has 12 heteroatoms. The number of fused-ring (bicyclic) bond motifs is 1. The van der Waals surface area contributed by atoms with Crippen LogP contribution in [0.2, 0.25) is 0 Å². The number of likely N-dealkylation sites (N-methyl/N-ethyl adjacent to an activating group) is 1. The largest absolute Gasteiger partial charge is 0.493 e. The van der Waals surface area contributed by atoms with Crippen LogP contribution in [-0.4, -0.2) is 73.1 Å². The fourth-order valence-corrected chi connectivity index (χ4v) is 5.01. The molecule has 220 valence electrons. The van der Waals surface area contributed by atoms with Crippen molar-refractivity contribution in [1.29, 1.82) is 0 Å². The van der Waals surface area contributed by atoms with Gasteiger partial charge in [-0.15, -0.1) is 0 Å². The Bertz CT molecular complexity index is 1620. The Kier molecular flexibility index (Phi) is 8.19. The van der Waals surface area contributed by atoms with E-state index in [0.29, 0.717) is 23.2 Å². The summed E-state index contributed by atoms with van der Waals surface area (Å²) in [6, 6.07) is 12.4. The number of ether oxygens (including phenoxy) is 2. The number of amides is 1. The minimum absolute atomic E-state index is 0.0332. The van der Waals surface area contributed by atoms with Crippen molar-refractivity contribution in [3.8, 4) is 22.6 Å². The molecule has 42 heavy (non-hydrogen) atoms. The van der Waals surface area contributed by atoms with Crippen LogP contribution in [0.4, 0.5) is 24.8 Å². The maximum atomic E-state index is 13.8. The van der Waals surface area contributed by atoms with E-state index >= 15 is 0 Å². The first-order chi connectivity index (χ1) is 20.0. The van der Waals surface area contributed by atoms with E-state index in [-0.39, 0.29) is 28.7 Å². The normalized spacial score (nSPS) is 14.6. The second-order valence-electron chi connectivity index (χ2n) is 10.2. The Morgan fingerprint density at radius 3 is 2.45 bits per heavy atom. The minimum Gasteiger partial charge on any atom is -0.493 e. The molecule has 0 atom stereocenters. The van der Waals surface area contributed by atoms with Crippen LogP contribution < -0.4 is 20.5 Å². The number of carbonyl (C=O) groups excluding carboxylic acids is 1. The van der Waals surface area contributed by atoms with E-state index in [1.54, 1.807) is 30.5 Å². The van der Waals surface area contributed by atoms with Gasteiger partial charge in [-0.05, 0) is 66.2 Å². The zero-order valence-electron chi connectivity index (χ0n) is 23.5. The molecule has 1 fully saturated rings. The summed E-state index contributed by atoms with van der Waals surface area (Å²) in [5.74, 6) is -0.0516. The number of rotatable bonds is 7. The molecule has 1 aliphatic heterocycles. The second kappa shape index (κ2) is 11.8. The van der Waals surface area contributed by atoms with Gasteiger partial charge in [-0.1, -0.05) is 6.07 Å². The zero-order valence-corrected chi connectivity index (χ0v) is 23.5. The van der Waals surface area contributed by atoms with Crippen molar-refractivity contribution in [2.75, 3.05) is 58.5 Å². The molecule has 0 saturated carbocycles. The highest BCUT2D eigenvalue weighted by atomic mass is 19.4. The van der Waals surface area contributed by atoms with Crippen molar-refractivity contribution in [2.24, 2.45) is 0 Å². The highest BCUT2D eigenvalue weighted by Gasteiger charge is 2.32. The quantitative estimate of drug-likeness (QED) is 0.318. The third-order valence-corrected chi connectivity index (χ3v) is 7.24. The van der Waals surface area contributed by atoms with Crippen molar-refractivity contribution in [3.05, 3.63) is 71.4 Å². The van der Waals surface area contributed by atoms with E-state index in [2.05, 4.69) is 25.1 Å². The predicted molar refractivity (Wildman–Crippen MR) is 155 cm³/mol. The number of nitrogens with two attached hydrogens (primary N) is 1. The number of benzene rings is 3. The average Bonchev–Trinajstić information content (AvgIpc) is 2.96. The van der Waals surface area contributed by atoms with Crippen LogP contribution in [0.15, 0.2) is 54.7 Å². The number of carbonyl (C=O) groups is 1. The van der Waals surface area contributed by atoms with Crippen molar-refractivity contribution in [1.82, 2.24) is 19.8 Å². The fraction of sp³-hybridized carbons (Fsp3) is 0.300. The maximum absolute atomic E-state index is 13.8. The van der Waals surface area contributed by atoms with Gasteiger partial charge >= 0.3 is 6.18 Å². The SMILES string of the molecule is COc1cc(-c2ccc3nc(N)ncc3c2)cc(C(=O)Nc2cc(CN3CCN(C)CC3)cc(C(F)(F)F)c2)c1OC. The molecule has 0 bridgehead atoms. The summed E-state index contributed by atoms with van der Waals surface area (Å²) in [4.78, 5) is 26.1. The van der Waals surface area contributed by atoms with Gasteiger partial charge in [0.1, 0.15) is 0 Å². The van der Waals surface area contributed by atoms with Crippen LogP contribution in [-0.2, 0) is 12.7 Å². The van der Waals surface area contributed by atoms with Crippen molar-refractivity contribution >= 4 is 28.4 Å². The Morgan fingerprint density at radius 2 is 1.76 bits per heavy atom. The van der Waals surface area contributed by atoms with E-state index < -0.39 is 17.6 Å². The molecule has 3 N–H and O–H groups in total. The van der Waals surface area contributed by atoms with Gasteiger partial charge in [0.05, 0.1) is 30.9 Å². The number of nitrogens with zero attached hydrogens (tertiary/aromatic N) is 4. The molecule has 1 saturated heterocycles. The lowest BCUT2D eigenvalue weighted by molar-refractivity contribution is -0.137. The van der Waals surface area contributed by atoms with E-state index in [9.17, 15) is 18.0 Å².